The highest BCUT2D eigenvalue weighted by molar-refractivity contribution is 9.10. The van der Waals surface area contributed by atoms with Crippen LogP contribution in [0.25, 0.3) is 0 Å². The Balaban J connectivity index is 1.92. The molecular weight excluding hydrogens is 312 g/mol. The molecule has 5 heteroatoms. The van der Waals surface area contributed by atoms with E-state index in [4.69, 9.17) is 0 Å². The monoisotopic (exact) mass is 330 g/mol. The van der Waals surface area contributed by atoms with Crippen LogP contribution in [0.2, 0.25) is 0 Å². The number of halogens is 1. The molecule has 0 unspecified atom stereocenters. The summed E-state index contributed by atoms with van der Waals surface area (Å²) in [5.41, 5.74) is 0.723. The lowest BCUT2D eigenvalue weighted by atomic mass is 10.0. The highest BCUT2D eigenvalue weighted by Gasteiger charge is 2.19. The van der Waals surface area contributed by atoms with Crippen molar-refractivity contribution in [1.29, 1.82) is 0 Å². The summed E-state index contributed by atoms with van der Waals surface area (Å²) in [7, 11) is 0. The zero-order valence-electron chi connectivity index (χ0n) is 10.7. The molecule has 1 heterocycles. The van der Waals surface area contributed by atoms with Crippen LogP contribution >= 0.6 is 27.7 Å². The third kappa shape index (κ3) is 3.38. The molecule has 100 valence electrons. The second-order valence-corrected chi connectivity index (χ2v) is 6.79. The Labute approximate surface area is 121 Å². The third-order valence-corrected chi connectivity index (χ3v) is 5.31. The van der Waals surface area contributed by atoms with Gasteiger partial charge in [0.1, 0.15) is 5.69 Å². The number of hydrogen-bond donors (Lipinski definition) is 0. The number of thioether (sulfide) groups is 1. The summed E-state index contributed by atoms with van der Waals surface area (Å²) in [6.07, 6.45) is 8.25. The van der Waals surface area contributed by atoms with E-state index in [0.717, 1.165) is 16.7 Å². The Morgan fingerprint density at radius 1 is 1.50 bits per heavy atom. The van der Waals surface area contributed by atoms with Crippen molar-refractivity contribution in [2.75, 3.05) is 5.75 Å². The van der Waals surface area contributed by atoms with Gasteiger partial charge in [0.2, 0.25) is 0 Å². The van der Waals surface area contributed by atoms with Crippen molar-refractivity contribution in [3.8, 4) is 0 Å². The van der Waals surface area contributed by atoms with Crippen molar-refractivity contribution in [1.82, 2.24) is 9.78 Å². The predicted molar refractivity (Wildman–Crippen MR) is 79.3 cm³/mol. The third-order valence-electron chi connectivity index (χ3n) is 3.36. The molecule has 0 N–H and O–H groups in total. The van der Waals surface area contributed by atoms with Crippen LogP contribution in [0.5, 0.6) is 0 Å². The van der Waals surface area contributed by atoms with Crippen LogP contribution in [0.3, 0.4) is 0 Å². The first-order valence-corrected chi connectivity index (χ1v) is 8.42. The van der Waals surface area contributed by atoms with Crippen LogP contribution in [0, 0.1) is 0 Å². The molecule has 1 saturated carbocycles. The van der Waals surface area contributed by atoms with Gasteiger partial charge in [-0.1, -0.05) is 19.3 Å². The van der Waals surface area contributed by atoms with Gasteiger partial charge in [0, 0.05) is 11.8 Å². The van der Waals surface area contributed by atoms with Gasteiger partial charge in [-0.05, 0) is 35.7 Å². The summed E-state index contributed by atoms with van der Waals surface area (Å²) >= 11 is 5.23. The molecule has 1 aromatic heterocycles. The number of Topliss-reactive ketones (excluding diaryl/α,β-unsaturated/α-hetero) is 1. The van der Waals surface area contributed by atoms with Gasteiger partial charge in [0.15, 0.2) is 5.78 Å². The first kappa shape index (κ1) is 14.1. The van der Waals surface area contributed by atoms with Crippen molar-refractivity contribution in [2.24, 2.45) is 0 Å². The van der Waals surface area contributed by atoms with Gasteiger partial charge in [0.25, 0.3) is 0 Å². The zero-order valence-corrected chi connectivity index (χ0v) is 13.1. The fourth-order valence-electron chi connectivity index (χ4n) is 2.37. The van der Waals surface area contributed by atoms with Crippen LogP contribution in [-0.2, 0) is 6.54 Å². The molecule has 0 atom stereocenters. The van der Waals surface area contributed by atoms with Crippen molar-refractivity contribution >= 4 is 33.5 Å². The summed E-state index contributed by atoms with van der Waals surface area (Å²) < 4.78 is 2.59. The topological polar surface area (TPSA) is 34.9 Å². The predicted octanol–water partition coefficient (Wildman–Crippen LogP) is 3.91. The molecule has 1 aliphatic rings. The Morgan fingerprint density at radius 3 is 2.89 bits per heavy atom. The second kappa shape index (κ2) is 6.75. The van der Waals surface area contributed by atoms with E-state index in [1.807, 2.05) is 18.7 Å². The van der Waals surface area contributed by atoms with Gasteiger partial charge in [-0.25, -0.2) is 0 Å². The molecule has 0 radical (unpaired) electrons. The lowest BCUT2D eigenvalue weighted by molar-refractivity contribution is 0.101. The SMILES string of the molecule is CCn1ncc(Br)c1C(=O)CSC1CCCCC1. The molecule has 18 heavy (non-hydrogen) atoms. The average molecular weight is 331 g/mol. The number of aryl methyl sites for hydroxylation is 1. The molecule has 0 bridgehead atoms. The standard InChI is InChI=1S/C13H19BrN2OS/c1-2-16-13(11(14)8-15-16)12(17)9-18-10-6-4-3-5-7-10/h8,10H,2-7,9H2,1H3. The fourth-order valence-corrected chi connectivity index (χ4v) is 4.08. The quantitative estimate of drug-likeness (QED) is 0.767. The van der Waals surface area contributed by atoms with Crippen LogP contribution in [0.1, 0.15) is 49.5 Å². The number of hydrogen-bond acceptors (Lipinski definition) is 3. The number of aromatic nitrogens is 2. The minimum atomic E-state index is 0.191. The molecule has 1 aromatic rings. The lowest BCUT2D eigenvalue weighted by Gasteiger charge is -2.20. The molecule has 2 rings (SSSR count). The van der Waals surface area contributed by atoms with E-state index in [1.54, 1.807) is 10.9 Å². The van der Waals surface area contributed by atoms with Crippen molar-refractivity contribution in [2.45, 2.75) is 50.8 Å². The van der Waals surface area contributed by atoms with Gasteiger partial charge in [0.05, 0.1) is 16.4 Å². The van der Waals surface area contributed by atoms with Crippen LogP contribution < -0.4 is 0 Å². The number of rotatable bonds is 5. The van der Waals surface area contributed by atoms with Crippen molar-refractivity contribution in [3.63, 3.8) is 0 Å². The molecule has 0 aromatic carbocycles. The molecule has 0 amide bonds. The summed E-state index contributed by atoms with van der Waals surface area (Å²) in [5, 5.41) is 4.87. The minimum Gasteiger partial charge on any atom is -0.291 e. The average Bonchev–Trinajstić information content (AvgIpc) is 2.78. The summed E-state index contributed by atoms with van der Waals surface area (Å²) in [5.74, 6) is 0.770. The summed E-state index contributed by atoms with van der Waals surface area (Å²) in [6.45, 7) is 2.74. The van der Waals surface area contributed by atoms with E-state index in [9.17, 15) is 4.79 Å². The van der Waals surface area contributed by atoms with E-state index in [0.29, 0.717) is 11.0 Å². The van der Waals surface area contributed by atoms with Gasteiger partial charge in [-0.15, -0.1) is 0 Å². The van der Waals surface area contributed by atoms with Gasteiger partial charge in [-0.2, -0.15) is 16.9 Å². The Kier molecular flexibility index (Phi) is 5.30. The Morgan fingerprint density at radius 2 is 2.22 bits per heavy atom. The fraction of sp³-hybridized carbons (Fsp3) is 0.692. The summed E-state index contributed by atoms with van der Waals surface area (Å²) in [6, 6.07) is 0. The summed E-state index contributed by atoms with van der Waals surface area (Å²) in [4.78, 5) is 12.2. The normalized spacial score (nSPS) is 17.0. The van der Waals surface area contributed by atoms with E-state index in [1.165, 1.54) is 32.1 Å². The molecule has 0 spiro atoms. The molecule has 0 aliphatic heterocycles. The van der Waals surface area contributed by atoms with Crippen molar-refractivity contribution in [3.05, 3.63) is 16.4 Å². The van der Waals surface area contributed by atoms with E-state index >= 15 is 0 Å². The van der Waals surface area contributed by atoms with E-state index < -0.39 is 0 Å². The van der Waals surface area contributed by atoms with Crippen LogP contribution in [-0.4, -0.2) is 26.6 Å². The molecule has 1 aliphatic carbocycles. The van der Waals surface area contributed by atoms with Gasteiger partial charge >= 0.3 is 0 Å². The molecule has 3 nitrogen and oxygen atoms in total. The maximum atomic E-state index is 12.2. The van der Waals surface area contributed by atoms with Crippen molar-refractivity contribution < 1.29 is 4.79 Å². The number of carbonyl (C=O) groups excluding carboxylic acids is 1. The molecule has 0 saturated heterocycles. The minimum absolute atomic E-state index is 0.191. The molecular formula is C13H19BrN2OS. The highest BCUT2D eigenvalue weighted by atomic mass is 79.9. The van der Waals surface area contributed by atoms with Crippen LogP contribution in [0.4, 0.5) is 0 Å². The second-order valence-electron chi connectivity index (χ2n) is 4.65. The van der Waals surface area contributed by atoms with Gasteiger partial charge in [-0.3, -0.25) is 9.48 Å². The highest BCUT2D eigenvalue weighted by Crippen LogP contribution is 2.29. The maximum Gasteiger partial charge on any atom is 0.191 e. The van der Waals surface area contributed by atoms with E-state index in [-0.39, 0.29) is 5.78 Å². The largest absolute Gasteiger partial charge is 0.291 e. The lowest BCUT2D eigenvalue weighted by Crippen LogP contribution is -2.15. The Bertz CT molecular complexity index is 413. The first-order valence-electron chi connectivity index (χ1n) is 6.58. The first-order chi connectivity index (χ1) is 8.72. The number of ketones is 1. The number of nitrogens with zero attached hydrogens (tertiary/aromatic N) is 2. The zero-order chi connectivity index (χ0) is 13.0. The van der Waals surface area contributed by atoms with Gasteiger partial charge < -0.3 is 0 Å². The van der Waals surface area contributed by atoms with Crippen LogP contribution in [0.15, 0.2) is 10.7 Å². The Hall–Kier alpha value is -0.290. The maximum absolute atomic E-state index is 12.2. The van der Waals surface area contributed by atoms with E-state index in [2.05, 4.69) is 21.0 Å². The molecule has 1 fully saturated rings. The smallest absolute Gasteiger partial charge is 0.191 e. The number of carbonyl (C=O) groups is 1.